The molecule has 0 saturated heterocycles. The van der Waals surface area contributed by atoms with Gasteiger partial charge in [-0.25, -0.2) is 4.79 Å². The van der Waals surface area contributed by atoms with Crippen molar-refractivity contribution in [2.24, 2.45) is 5.73 Å². The molecule has 3 aromatic rings. The van der Waals surface area contributed by atoms with E-state index >= 15 is 0 Å². The van der Waals surface area contributed by atoms with Gasteiger partial charge >= 0.3 is 5.97 Å². The summed E-state index contributed by atoms with van der Waals surface area (Å²) >= 11 is 2.29. The van der Waals surface area contributed by atoms with E-state index < -0.39 is 5.97 Å². The number of H-pyrrole nitrogens is 1. The number of rotatable bonds is 6. The first-order valence-electron chi connectivity index (χ1n) is 7.94. The molecule has 0 bridgehead atoms. The van der Waals surface area contributed by atoms with Crippen LogP contribution < -0.4 is 5.73 Å². The van der Waals surface area contributed by atoms with Crippen molar-refractivity contribution in [3.05, 3.63) is 57.2 Å². The molecule has 1 aromatic heterocycles. The molecule has 0 amide bonds. The van der Waals surface area contributed by atoms with Gasteiger partial charge in [-0.1, -0.05) is 12.1 Å². The smallest absolute Gasteiger partial charge is 0.335 e. The van der Waals surface area contributed by atoms with Crippen LogP contribution in [0.3, 0.4) is 0 Å². The lowest BCUT2D eigenvalue weighted by atomic mass is 9.99. The van der Waals surface area contributed by atoms with Crippen molar-refractivity contribution in [2.45, 2.75) is 19.3 Å². The zero-order valence-corrected chi connectivity index (χ0v) is 15.3. The van der Waals surface area contributed by atoms with Gasteiger partial charge in [0.25, 0.3) is 0 Å². The number of carboxylic acid groups (broad SMARTS) is 1. The Bertz CT molecular complexity index is 869. The normalized spacial score (nSPS) is 11.1. The van der Waals surface area contributed by atoms with E-state index in [9.17, 15) is 9.90 Å². The third kappa shape index (κ3) is 3.47. The minimum Gasteiger partial charge on any atom is -0.478 e. The molecule has 0 atom stereocenters. The molecule has 3 rings (SSSR count). The summed E-state index contributed by atoms with van der Waals surface area (Å²) < 4.78 is 1.19. The summed E-state index contributed by atoms with van der Waals surface area (Å²) in [5, 5.41) is 10.3. The molecule has 0 radical (unpaired) electrons. The average molecular weight is 434 g/mol. The highest BCUT2D eigenvalue weighted by molar-refractivity contribution is 14.1. The van der Waals surface area contributed by atoms with E-state index in [1.54, 1.807) is 12.1 Å². The number of carbonyl (C=O) groups is 1. The maximum Gasteiger partial charge on any atom is 0.335 e. The fraction of sp³-hybridized carbons (Fsp3) is 0.211. The molecule has 0 spiro atoms. The monoisotopic (exact) mass is 434 g/mol. The summed E-state index contributed by atoms with van der Waals surface area (Å²) in [6.07, 6.45) is 2.82. The Morgan fingerprint density at radius 2 is 1.88 bits per heavy atom. The third-order valence-corrected chi connectivity index (χ3v) is 4.89. The van der Waals surface area contributed by atoms with Crippen LogP contribution in [0, 0.1) is 3.57 Å². The molecular weight excluding hydrogens is 415 g/mol. The van der Waals surface area contributed by atoms with Crippen LogP contribution in [0.4, 0.5) is 0 Å². The highest BCUT2D eigenvalue weighted by Gasteiger charge is 2.15. The number of hydrogen-bond acceptors (Lipinski definition) is 2. The van der Waals surface area contributed by atoms with Crippen LogP contribution in [-0.4, -0.2) is 22.6 Å². The van der Waals surface area contributed by atoms with E-state index in [4.69, 9.17) is 5.73 Å². The van der Waals surface area contributed by atoms with Crippen molar-refractivity contribution >= 4 is 39.5 Å². The Labute approximate surface area is 154 Å². The lowest BCUT2D eigenvalue weighted by molar-refractivity contribution is 0.0697. The van der Waals surface area contributed by atoms with Crippen molar-refractivity contribution in [3.8, 4) is 11.3 Å². The number of halogens is 1. The van der Waals surface area contributed by atoms with Crippen molar-refractivity contribution in [2.75, 3.05) is 6.54 Å². The second-order valence-corrected chi connectivity index (χ2v) is 7.04. The van der Waals surface area contributed by atoms with Crippen molar-refractivity contribution in [3.63, 3.8) is 0 Å². The maximum atomic E-state index is 11.3. The quantitative estimate of drug-likeness (QED) is 0.397. The number of nitrogens with two attached hydrogens (primary N) is 1. The van der Waals surface area contributed by atoms with Crippen LogP contribution in [0.1, 0.15) is 28.8 Å². The molecule has 4 nitrogen and oxygen atoms in total. The van der Waals surface area contributed by atoms with E-state index in [1.807, 2.05) is 6.07 Å². The number of fused-ring (bicyclic) bond motifs is 1. The topological polar surface area (TPSA) is 79.1 Å². The number of aromatic amines is 1. The minimum absolute atomic E-state index is 0.315. The van der Waals surface area contributed by atoms with Crippen LogP contribution in [0.25, 0.3) is 22.2 Å². The molecule has 4 N–H and O–H groups in total. The first kappa shape index (κ1) is 17.0. The molecule has 0 saturated carbocycles. The number of nitrogens with one attached hydrogen (secondary N) is 1. The average Bonchev–Trinajstić information content (AvgIpc) is 2.94. The highest BCUT2D eigenvalue weighted by Crippen LogP contribution is 2.32. The fourth-order valence-electron chi connectivity index (χ4n) is 2.95. The van der Waals surface area contributed by atoms with Gasteiger partial charge in [-0.3, -0.25) is 0 Å². The SMILES string of the molecule is NCCCCc1c(-c2ccc(I)cc2)[nH]c2ccc(C(=O)O)cc12. The summed E-state index contributed by atoms with van der Waals surface area (Å²) in [5.74, 6) is -0.901. The molecule has 2 aromatic carbocycles. The Kier molecular flexibility index (Phi) is 5.20. The summed E-state index contributed by atoms with van der Waals surface area (Å²) in [7, 11) is 0. The van der Waals surface area contributed by atoms with Crippen LogP contribution in [0.5, 0.6) is 0 Å². The van der Waals surface area contributed by atoms with E-state index in [0.717, 1.165) is 41.4 Å². The molecule has 1 heterocycles. The van der Waals surface area contributed by atoms with Gasteiger partial charge in [-0.05, 0) is 89.9 Å². The second-order valence-electron chi connectivity index (χ2n) is 5.80. The van der Waals surface area contributed by atoms with Gasteiger partial charge in [-0.15, -0.1) is 0 Å². The number of hydrogen-bond donors (Lipinski definition) is 3. The van der Waals surface area contributed by atoms with E-state index in [1.165, 1.54) is 9.13 Å². The number of aromatic carboxylic acids is 1. The van der Waals surface area contributed by atoms with Gasteiger partial charge in [0, 0.05) is 20.2 Å². The highest BCUT2D eigenvalue weighted by atomic mass is 127. The number of carboxylic acids is 1. The second kappa shape index (κ2) is 7.36. The van der Waals surface area contributed by atoms with E-state index in [-0.39, 0.29) is 0 Å². The standard InChI is InChI=1S/C19H19IN2O2/c20-14-7-4-12(5-8-14)18-15(3-1-2-10-21)16-11-13(19(23)24)6-9-17(16)22-18/h4-9,11,22H,1-3,10,21H2,(H,23,24). The number of unbranched alkanes of at least 4 members (excludes halogenated alkanes) is 1. The van der Waals surface area contributed by atoms with Crippen molar-refractivity contribution < 1.29 is 9.90 Å². The molecule has 24 heavy (non-hydrogen) atoms. The maximum absolute atomic E-state index is 11.3. The molecule has 0 unspecified atom stereocenters. The fourth-order valence-corrected chi connectivity index (χ4v) is 3.31. The molecular formula is C19H19IN2O2. The first-order valence-corrected chi connectivity index (χ1v) is 9.02. The van der Waals surface area contributed by atoms with Gasteiger partial charge in [-0.2, -0.15) is 0 Å². The van der Waals surface area contributed by atoms with Crippen LogP contribution in [0.15, 0.2) is 42.5 Å². The van der Waals surface area contributed by atoms with E-state index in [2.05, 4.69) is 51.8 Å². The van der Waals surface area contributed by atoms with Crippen LogP contribution >= 0.6 is 22.6 Å². The van der Waals surface area contributed by atoms with Crippen LogP contribution in [0.2, 0.25) is 0 Å². The van der Waals surface area contributed by atoms with E-state index in [0.29, 0.717) is 12.1 Å². The van der Waals surface area contributed by atoms with Crippen molar-refractivity contribution in [1.82, 2.24) is 4.98 Å². The zero-order chi connectivity index (χ0) is 17.1. The molecule has 0 fully saturated rings. The Morgan fingerprint density at radius 1 is 1.12 bits per heavy atom. The molecule has 124 valence electrons. The Hall–Kier alpha value is -1.86. The number of aromatic nitrogens is 1. The lowest BCUT2D eigenvalue weighted by Gasteiger charge is -2.06. The summed E-state index contributed by atoms with van der Waals surface area (Å²) in [6, 6.07) is 13.6. The van der Waals surface area contributed by atoms with Gasteiger partial charge in [0.15, 0.2) is 0 Å². The third-order valence-electron chi connectivity index (χ3n) is 4.17. The van der Waals surface area contributed by atoms with Gasteiger partial charge in [0.05, 0.1) is 5.56 Å². The number of aryl methyl sites for hydroxylation is 1. The Balaban J connectivity index is 2.13. The van der Waals surface area contributed by atoms with Gasteiger partial charge in [0.1, 0.15) is 0 Å². The Morgan fingerprint density at radius 3 is 2.54 bits per heavy atom. The zero-order valence-electron chi connectivity index (χ0n) is 13.2. The largest absolute Gasteiger partial charge is 0.478 e. The molecule has 0 aliphatic carbocycles. The minimum atomic E-state index is -0.901. The predicted octanol–water partition coefficient (Wildman–Crippen LogP) is 4.42. The first-order chi connectivity index (χ1) is 11.6. The molecule has 0 aliphatic rings. The predicted molar refractivity (Wildman–Crippen MR) is 105 cm³/mol. The molecule has 5 heteroatoms. The summed E-state index contributed by atoms with van der Waals surface area (Å²) in [6.45, 7) is 0.668. The number of benzene rings is 2. The van der Waals surface area contributed by atoms with Crippen molar-refractivity contribution in [1.29, 1.82) is 0 Å². The molecule has 0 aliphatic heterocycles. The lowest BCUT2D eigenvalue weighted by Crippen LogP contribution is -1.99. The van der Waals surface area contributed by atoms with Gasteiger partial charge in [0.2, 0.25) is 0 Å². The summed E-state index contributed by atoms with van der Waals surface area (Å²) in [5.41, 5.74) is 10.3. The summed E-state index contributed by atoms with van der Waals surface area (Å²) in [4.78, 5) is 14.8. The van der Waals surface area contributed by atoms with Crippen LogP contribution in [-0.2, 0) is 6.42 Å². The van der Waals surface area contributed by atoms with Gasteiger partial charge < -0.3 is 15.8 Å².